The molecular formula is C19H18N2O. The van der Waals surface area contributed by atoms with E-state index in [1.165, 1.54) is 16.5 Å². The van der Waals surface area contributed by atoms with E-state index in [-0.39, 0.29) is 0 Å². The zero-order chi connectivity index (χ0) is 14.8. The monoisotopic (exact) mass is 290 g/mol. The first kappa shape index (κ1) is 13.1. The minimum atomic E-state index is 0.514. The molecule has 1 aromatic heterocycles. The van der Waals surface area contributed by atoms with E-state index < -0.39 is 0 Å². The van der Waals surface area contributed by atoms with Crippen molar-refractivity contribution in [1.82, 2.24) is 4.98 Å². The zero-order valence-electron chi connectivity index (χ0n) is 12.4. The Kier molecular flexibility index (Phi) is 3.39. The summed E-state index contributed by atoms with van der Waals surface area (Å²) in [4.78, 5) is 9.08. The van der Waals surface area contributed by atoms with Crippen LogP contribution in [0.3, 0.4) is 0 Å². The molecule has 0 bridgehead atoms. The van der Waals surface area contributed by atoms with Crippen LogP contribution in [-0.2, 0) is 17.9 Å². The smallest absolute Gasteiger partial charge is 0.142 e. The number of H-pyrrole nitrogens is 1. The summed E-state index contributed by atoms with van der Waals surface area (Å²) in [7, 11) is 0. The molecule has 0 spiro atoms. The van der Waals surface area contributed by atoms with Gasteiger partial charge in [0.1, 0.15) is 12.3 Å². The number of aryl methyl sites for hydroxylation is 1. The number of oxime groups is 1. The third-order valence-electron chi connectivity index (χ3n) is 4.19. The highest BCUT2D eigenvalue weighted by molar-refractivity contribution is 6.06. The predicted molar refractivity (Wildman–Crippen MR) is 89.0 cm³/mol. The Hall–Kier alpha value is -2.55. The molecule has 0 fully saturated rings. The van der Waals surface area contributed by atoms with Crippen molar-refractivity contribution in [3.05, 3.63) is 71.4 Å². The molecule has 3 nitrogen and oxygen atoms in total. The molecule has 0 unspecified atom stereocenters. The van der Waals surface area contributed by atoms with Crippen LogP contribution in [0.1, 0.15) is 29.7 Å². The maximum Gasteiger partial charge on any atom is 0.142 e. The number of hydrogen-bond donors (Lipinski definition) is 1. The summed E-state index contributed by atoms with van der Waals surface area (Å²) >= 11 is 0. The molecule has 0 atom stereocenters. The first-order chi connectivity index (χ1) is 10.9. The third-order valence-corrected chi connectivity index (χ3v) is 4.19. The molecule has 3 aromatic rings. The fourth-order valence-corrected chi connectivity index (χ4v) is 3.11. The van der Waals surface area contributed by atoms with E-state index >= 15 is 0 Å². The molecule has 1 heterocycles. The van der Waals surface area contributed by atoms with Gasteiger partial charge < -0.3 is 9.82 Å². The van der Waals surface area contributed by atoms with E-state index in [2.05, 4.69) is 46.5 Å². The predicted octanol–water partition coefficient (Wildman–Crippen LogP) is 4.43. The van der Waals surface area contributed by atoms with Crippen LogP contribution >= 0.6 is 0 Å². The number of nitrogens with zero attached hydrogens (tertiary/aromatic N) is 1. The number of rotatable bonds is 3. The van der Waals surface area contributed by atoms with Crippen LogP contribution in [0.4, 0.5) is 0 Å². The van der Waals surface area contributed by atoms with E-state index in [4.69, 9.17) is 4.84 Å². The maximum absolute atomic E-state index is 5.58. The van der Waals surface area contributed by atoms with Crippen molar-refractivity contribution in [3.8, 4) is 0 Å². The topological polar surface area (TPSA) is 37.4 Å². The number of benzene rings is 2. The first-order valence-electron chi connectivity index (χ1n) is 7.74. The molecule has 3 heteroatoms. The van der Waals surface area contributed by atoms with Crippen molar-refractivity contribution in [2.45, 2.75) is 25.9 Å². The van der Waals surface area contributed by atoms with Gasteiger partial charge in [-0.05, 0) is 36.5 Å². The number of hydrogen-bond acceptors (Lipinski definition) is 2. The molecule has 1 aliphatic rings. The second-order valence-electron chi connectivity index (χ2n) is 5.67. The van der Waals surface area contributed by atoms with Crippen molar-refractivity contribution in [3.63, 3.8) is 0 Å². The number of aromatic amines is 1. The zero-order valence-corrected chi connectivity index (χ0v) is 12.4. The SMILES string of the molecule is c1ccc(CO/N=C2\CCCc3c2[nH]c2ccccc32)cc1. The normalized spacial score (nSPS) is 15.9. The molecule has 1 aliphatic carbocycles. The number of para-hydroxylation sites is 1. The van der Waals surface area contributed by atoms with Crippen LogP contribution in [0.2, 0.25) is 0 Å². The van der Waals surface area contributed by atoms with Gasteiger partial charge in [-0.15, -0.1) is 0 Å². The highest BCUT2D eigenvalue weighted by atomic mass is 16.6. The molecule has 0 aliphatic heterocycles. The summed E-state index contributed by atoms with van der Waals surface area (Å²) in [6.45, 7) is 0.514. The lowest BCUT2D eigenvalue weighted by atomic mass is 9.94. The summed E-state index contributed by atoms with van der Waals surface area (Å²) < 4.78 is 0. The molecule has 1 N–H and O–H groups in total. The summed E-state index contributed by atoms with van der Waals surface area (Å²) in [5.74, 6) is 0. The lowest BCUT2D eigenvalue weighted by molar-refractivity contribution is 0.130. The molecule has 2 aromatic carbocycles. The molecule has 0 saturated heterocycles. The van der Waals surface area contributed by atoms with E-state index in [0.717, 1.165) is 36.2 Å². The molecule has 0 amide bonds. The maximum atomic E-state index is 5.58. The molecule has 110 valence electrons. The highest BCUT2D eigenvalue weighted by Gasteiger charge is 2.20. The summed E-state index contributed by atoms with van der Waals surface area (Å²) in [6.07, 6.45) is 3.20. The van der Waals surface area contributed by atoms with Crippen molar-refractivity contribution in [2.75, 3.05) is 0 Å². The molecule has 0 saturated carbocycles. The Balaban J connectivity index is 1.60. The standard InChI is InChI=1S/C19H18N2O/c1-2-7-14(8-3-1)13-22-21-18-12-6-10-16-15-9-4-5-11-17(15)20-19(16)18/h1-5,7-9,11,20H,6,10,12-13H2/b21-18+. The quantitative estimate of drug-likeness (QED) is 0.712. The Morgan fingerprint density at radius 2 is 1.77 bits per heavy atom. The molecule has 4 rings (SSSR count). The molecular weight excluding hydrogens is 272 g/mol. The van der Waals surface area contributed by atoms with Crippen LogP contribution in [-0.4, -0.2) is 10.7 Å². The van der Waals surface area contributed by atoms with Crippen LogP contribution < -0.4 is 0 Å². The minimum absolute atomic E-state index is 0.514. The lowest BCUT2D eigenvalue weighted by Gasteiger charge is -2.13. The van der Waals surface area contributed by atoms with Gasteiger partial charge in [0.2, 0.25) is 0 Å². The Morgan fingerprint density at radius 3 is 2.68 bits per heavy atom. The van der Waals surface area contributed by atoms with Crippen LogP contribution in [0, 0.1) is 0 Å². The van der Waals surface area contributed by atoms with Gasteiger partial charge in [-0.2, -0.15) is 0 Å². The van der Waals surface area contributed by atoms with Gasteiger partial charge in [0.25, 0.3) is 0 Å². The molecule has 0 radical (unpaired) electrons. The van der Waals surface area contributed by atoms with Gasteiger partial charge in [0, 0.05) is 10.9 Å². The van der Waals surface area contributed by atoms with Crippen molar-refractivity contribution < 1.29 is 4.84 Å². The first-order valence-corrected chi connectivity index (χ1v) is 7.74. The number of fused-ring (bicyclic) bond motifs is 3. The van der Waals surface area contributed by atoms with Gasteiger partial charge >= 0.3 is 0 Å². The minimum Gasteiger partial charge on any atom is -0.391 e. The van der Waals surface area contributed by atoms with E-state index in [9.17, 15) is 0 Å². The van der Waals surface area contributed by atoms with Gasteiger partial charge in [0.15, 0.2) is 0 Å². The second kappa shape index (κ2) is 5.68. The third kappa shape index (κ3) is 2.39. The Morgan fingerprint density at radius 1 is 0.955 bits per heavy atom. The average Bonchev–Trinajstić information content (AvgIpc) is 2.96. The number of aromatic nitrogens is 1. The van der Waals surface area contributed by atoms with Crippen LogP contribution in [0.25, 0.3) is 10.9 Å². The summed E-state index contributed by atoms with van der Waals surface area (Å²) in [5.41, 5.74) is 5.89. The molecule has 22 heavy (non-hydrogen) atoms. The van der Waals surface area contributed by atoms with E-state index in [1.807, 2.05) is 18.2 Å². The van der Waals surface area contributed by atoms with Crippen LogP contribution in [0.15, 0.2) is 59.8 Å². The van der Waals surface area contributed by atoms with Crippen molar-refractivity contribution in [2.24, 2.45) is 5.16 Å². The highest BCUT2D eigenvalue weighted by Crippen LogP contribution is 2.29. The van der Waals surface area contributed by atoms with Gasteiger partial charge in [-0.1, -0.05) is 53.7 Å². The average molecular weight is 290 g/mol. The Labute approximate surface area is 129 Å². The van der Waals surface area contributed by atoms with E-state index in [1.54, 1.807) is 0 Å². The van der Waals surface area contributed by atoms with E-state index in [0.29, 0.717) is 6.61 Å². The summed E-state index contributed by atoms with van der Waals surface area (Å²) in [6, 6.07) is 18.6. The van der Waals surface area contributed by atoms with Gasteiger partial charge in [-0.25, -0.2) is 0 Å². The van der Waals surface area contributed by atoms with Crippen LogP contribution in [0.5, 0.6) is 0 Å². The van der Waals surface area contributed by atoms with Gasteiger partial charge in [-0.3, -0.25) is 0 Å². The van der Waals surface area contributed by atoms with Crippen molar-refractivity contribution >= 4 is 16.6 Å². The second-order valence-corrected chi connectivity index (χ2v) is 5.67. The number of nitrogens with one attached hydrogen (secondary N) is 1. The largest absolute Gasteiger partial charge is 0.391 e. The fourth-order valence-electron chi connectivity index (χ4n) is 3.11. The fraction of sp³-hybridized carbons (Fsp3) is 0.211. The van der Waals surface area contributed by atoms with Crippen molar-refractivity contribution in [1.29, 1.82) is 0 Å². The summed E-state index contributed by atoms with van der Waals surface area (Å²) in [5, 5.41) is 5.71. The Bertz CT molecular complexity index is 818. The van der Waals surface area contributed by atoms with Gasteiger partial charge in [0.05, 0.1) is 5.69 Å². The lowest BCUT2D eigenvalue weighted by Crippen LogP contribution is -2.11.